The summed E-state index contributed by atoms with van der Waals surface area (Å²) in [5, 5.41) is 0. The molecule has 1 aromatic rings. The van der Waals surface area contributed by atoms with E-state index in [0.29, 0.717) is 0 Å². The maximum atomic E-state index is 5.83. The number of rotatable bonds is 8. The molecule has 0 amide bonds. The van der Waals surface area contributed by atoms with E-state index in [9.17, 15) is 0 Å². The molecular formula is C15H24N2O. The molecule has 1 saturated carbocycles. The molecular weight excluding hydrogens is 224 g/mol. The third-order valence-electron chi connectivity index (χ3n) is 3.46. The van der Waals surface area contributed by atoms with Crippen LogP contribution in [0.15, 0.2) is 24.3 Å². The fourth-order valence-corrected chi connectivity index (χ4v) is 2.13. The van der Waals surface area contributed by atoms with Gasteiger partial charge in [-0.15, -0.1) is 0 Å². The molecule has 2 rings (SSSR count). The van der Waals surface area contributed by atoms with Crippen LogP contribution in [-0.4, -0.2) is 31.1 Å². The zero-order chi connectivity index (χ0) is 12.8. The predicted molar refractivity (Wildman–Crippen MR) is 75.8 cm³/mol. The minimum atomic E-state index is 0.725. The van der Waals surface area contributed by atoms with Gasteiger partial charge in [-0.25, -0.2) is 0 Å². The van der Waals surface area contributed by atoms with E-state index in [-0.39, 0.29) is 0 Å². The van der Waals surface area contributed by atoms with Gasteiger partial charge in [0, 0.05) is 13.1 Å². The van der Waals surface area contributed by atoms with Gasteiger partial charge in [0.1, 0.15) is 5.75 Å². The zero-order valence-corrected chi connectivity index (χ0v) is 11.3. The number of benzene rings is 1. The zero-order valence-electron chi connectivity index (χ0n) is 11.3. The Labute approximate surface area is 110 Å². The lowest BCUT2D eigenvalue weighted by molar-refractivity contribution is 0.236. The molecule has 0 unspecified atom stereocenters. The van der Waals surface area contributed by atoms with Gasteiger partial charge in [0.15, 0.2) is 0 Å². The summed E-state index contributed by atoms with van der Waals surface area (Å²) >= 11 is 0. The van der Waals surface area contributed by atoms with Crippen molar-refractivity contribution in [2.75, 3.05) is 32.0 Å². The van der Waals surface area contributed by atoms with Crippen molar-refractivity contribution in [3.8, 4) is 5.75 Å². The van der Waals surface area contributed by atoms with Gasteiger partial charge in [-0.05, 0) is 43.9 Å². The summed E-state index contributed by atoms with van der Waals surface area (Å²) in [6.45, 7) is 6.52. The van der Waals surface area contributed by atoms with E-state index in [4.69, 9.17) is 10.5 Å². The van der Waals surface area contributed by atoms with Crippen molar-refractivity contribution < 1.29 is 4.74 Å². The molecule has 0 radical (unpaired) electrons. The Hall–Kier alpha value is -1.22. The van der Waals surface area contributed by atoms with Gasteiger partial charge in [-0.2, -0.15) is 0 Å². The van der Waals surface area contributed by atoms with E-state index in [2.05, 4.69) is 11.8 Å². The molecule has 1 aliphatic carbocycles. The maximum Gasteiger partial charge on any atom is 0.142 e. The highest BCUT2D eigenvalue weighted by atomic mass is 16.5. The highest BCUT2D eigenvalue weighted by Crippen LogP contribution is 2.29. The van der Waals surface area contributed by atoms with Crippen molar-refractivity contribution >= 4 is 5.69 Å². The molecule has 1 fully saturated rings. The summed E-state index contributed by atoms with van der Waals surface area (Å²) in [6, 6.07) is 7.69. The molecule has 0 atom stereocenters. The van der Waals surface area contributed by atoms with E-state index in [1.165, 1.54) is 19.4 Å². The van der Waals surface area contributed by atoms with Gasteiger partial charge in [-0.1, -0.05) is 19.1 Å². The predicted octanol–water partition coefficient (Wildman–Crippen LogP) is 2.77. The van der Waals surface area contributed by atoms with Gasteiger partial charge in [0.2, 0.25) is 0 Å². The number of anilines is 1. The topological polar surface area (TPSA) is 38.5 Å². The smallest absolute Gasteiger partial charge is 0.142 e. The monoisotopic (exact) mass is 248 g/mol. The number of nitrogen functional groups attached to an aromatic ring is 1. The molecule has 1 aromatic carbocycles. The molecule has 0 bridgehead atoms. The first-order valence-electron chi connectivity index (χ1n) is 6.99. The number of ether oxygens (including phenoxy) is 1. The molecule has 100 valence electrons. The van der Waals surface area contributed by atoms with Crippen LogP contribution >= 0.6 is 0 Å². The van der Waals surface area contributed by atoms with Crippen molar-refractivity contribution in [2.24, 2.45) is 5.92 Å². The average Bonchev–Trinajstić information content (AvgIpc) is 3.19. The van der Waals surface area contributed by atoms with E-state index in [0.717, 1.165) is 43.5 Å². The van der Waals surface area contributed by atoms with E-state index >= 15 is 0 Å². The summed E-state index contributed by atoms with van der Waals surface area (Å²) in [6.07, 6.45) is 3.91. The summed E-state index contributed by atoms with van der Waals surface area (Å²) < 4.78 is 5.70. The van der Waals surface area contributed by atoms with Crippen molar-refractivity contribution in [1.82, 2.24) is 4.90 Å². The highest BCUT2D eigenvalue weighted by Gasteiger charge is 2.23. The largest absolute Gasteiger partial charge is 0.491 e. The third kappa shape index (κ3) is 4.22. The minimum absolute atomic E-state index is 0.725. The first-order valence-corrected chi connectivity index (χ1v) is 6.99. The number of hydrogen-bond acceptors (Lipinski definition) is 3. The fraction of sp³-hybridized carbons (Fsp3) is 0.600. The summed E-state index contributed by atoms with van der Waals surface area (Å²) in [4.78, 5) is 2.52. The Morgan fingerprint density at radius 3 is 2.78 bits per heavy atom. The molecule has 3 heteroatoms. The summed E-state index contributed by atoms with van der Waals surface area (Å²) in [5.41, 5.74) is 6.55. The van der Waals surface area contributed by atoms with Gasteiger partial charge in [-0.3, -0.25) is 0 Å². The molecule has 0 aromatic heterocycles. The van der Waals surface area contributed by atoms with E-state index < -0.39 is 0 Å². The Balaban J connectivity index is 1.64. The van der Waals surface area contributed by atoms with Crippen molar-refractivity contribution in [1.29, 1.82) is 0 Å². The third-order valence-corrected chi connectivity index (χ3v) is 3.46. The van der Waals surface area contributed by atoms with Gasteiger partial charge in [0.25, 0.3) is 0 Å². The number of nitrogens with two attached hydrogens (primary N) is 1. The van der Waals surface area contributed by atoms with E-state index in [1.54, 1.807) is 0 Å². The molecule has 0 spiro atoms. The lowest BCUT2D eigenvalue weighted by Gasteiger charge is -2.20. The molecule has 0 aliphatic heterocycles. The Kier molecular flexibility index (Phi) is 4.88. The van der Waals surface area contributed by atoms with Crippen LogP contribution in [-0.2, 0) is 0 Å². The van der Waals surface area contributed by atoms with Crippen LogP contribution in [0.5, 0.6) is 5.75 Å². The average molecular weight is 248 g/mol. The first-order chi connectivity index (χ1) is 8.79. The molecule has 0 saturated heterocycles. The van der Waals surface area contributed by atoms with Crippen LogP contribution in [0.3, 0.4) is 0 Å². The quantitative estimate of drug-likeness (QED) is 0.568. The van der Waals surface area contributed by atoms with Crippen LogP contribution in [0, 0.1) is 5.92 Å². The highest BCUT2D eigenvalue weighted by molar-refractivity contribution is 5.51. The lowest BCUT2D eigenvalue weighted by atomic mass is 10.3. The fourth-order valence-electron chi connectivity index (χ4n) is 2.13. The van der Waals surface area contributed by atoms with Crippen molar-refractivity contribution in [3.63, 3.8) is 0 Å². The summed E-state index contributed by atoms with van der Waals surface area (Å²) in [5.74, 6) is 1.78. The number of hydrogen-bond donors (Lipinski definition) is 1. The Morgan fingerprint density at radius 1 is 1.33 bits per heavy atom. The maximum absolute atomic E-state index is 5.83. The molecule has 0 heterocycles. The van der Waals surface area contributed by atoms with Crippen LogP contribution in [0.4, 0.5) is 5.69 Å². The van der Waals surface area contributed by atoms with Crippen LogP contribution in [0.2, 0.25) is 0 Å². The second-order valence-corrected chi connectivity index (χ2v) is 5.08. The molecule has 2 N–H and O–H groups in total. The van der Waals surface area contributed by atoms with Crippen LogP contribution < -0.4 is 10.5 Å². The van der Waals surface area contributed by atoms with Crippen molar-refractivity contribution in [3.05, 3.63) is 24.3 Å². The number of para-hydroxylation sites is 2. The van der Waals surface area contributed by atoms with Gasteiger partial charge >= 0.3 is 0 Å². The van der Waals surface area contributed by atoms with Gasteiger partial charge in [0.05, 0.1) is 12.3 Å². The second-order valence-electron chi connectivity index (χ2n) is 5.08. The van der Waals surface area contributed by atoms with Crippen molar-refractivity contribution in [2.45, 2.75) is 26.2 Å². The Morgan fingerprint density at radius 2 is 2.11 bits per heavy atom. The summed E-state index contributed by atoms with van der Waals surface area (Å²) in [7, 11) is 0. The second kappa shape index (κ2) is 6.64. The van der Waals surface area contributed by atoms with Gasteiger partial charge < -0.3 is 15.4 Å². The first kappa shape index (κ1) is 13.2. The standard InChI is InChI=1S/C15H24N2O/c1-2-17(12-13-8-9-13)10-5-11-18-15-7-4-3-6-14(15)16/h3-4,6-7,13H,2,5,8-12,16H2,1H3. The van der Waals surface area contributed by atoms with Crippen LogP contribution in [0.25, 0.3) is 0 Å². The molecule has 3 nitrogen and oxygen atoms in total. The van der Waals surface area contributed by atoms with Crippen LogP contribution in [0.1, 0.15) is 26.2 Å². The Bertz CT molecular complexity index is 363. The minimum Gasteiger partial charge on any atom is -0.491 e. The van der Waals surface area contributed by atoms with E-state index in [1.807, 2.05) is 24.3 Å². The number of nitrogens with zero attached hydrogens (tertiary/aromatic N) is 1. The normalized spacial score (nSPS) is 15.0. The lowest BCUT2D eigenvalue weighted by Crippen LogP contribution is -2.27. The molecule has 1 aliphatic rings. The SMILES string of the molecule is CCN(CCCOc1ccccc1N)CC1CC1. The molecule has 18 heavy (non-hydrogen) atoms.